The lowest BCUT2D eigenvalue weighted by atomic mass is 9.99. The molecule has 2 aromatic rings. The second kappa shape index (κ2) is 13.2. The van der Waals surface area contributed by atoms with Gasteiger partial charge in [0.1, 0.15) is 30.5 Å². The monoisotopic (exact) mass is 526 g/mol. The lowest BCUT2D eigenvalue weighted by molar-refractivity contribution is -0.277. The molecule has 1 aliphatic heterocycles. The van der Waals surface area contributed by atoms with Crippen LogP contribution in [-0.2, 0) is 11.2 Å². The zero-order valence-electron chi connectivity index (χ0n) is 20.3. The predicted octanol–water partition coefficient (Wildman–Crippen LogP) is -1.02. The average Bonchev–Trinajstić information content (AvgIpc) is 2.91. The number of phenolic OH excluding ortho intramolecular Hbond substituents is 1. The molecule has 0 saturated carbocycles. The van der Waals surface area contributed by atoms with Crippen LogP contribution >= 0.6 is 0 Å². The Morgan fingerprint density at radius 1 is 0.919 bits per heavy atom. The van der Waals surface area contributed by atoms with Crippen LogP contribution in [0.5, 0.6) is 23.0 Å². The van der Waals surface area contributed by atoms with Crippen molar-refractivity contribution in [1.82, 2.24) is 0 Å². The van der Waals surface area contributed by atoms with E-state index >= 15 is 0 Å². The molecule has 0 radical (unpaired) electrons. The van der Waals surface area contributed by atoms with E-state index in [-0.39, 0.29) is 35.2 Å². The van der Waals surface area contributed by atoms with E-state index < -0.39 is 56.1 Å². The SMILES string of the molecule is COc1cc([C@@H](O)[C@@H](CO)Oc2ccc(CCCO)cc2O)ccc1O[C@@H]1O[C@H](CO)[C@@H](O)[C@H](O)[C@H]1O. The normalized spacial score (nSPS) is 25.4. The summed E-state index contributed by atoms with van der Waals surface area (Å²) in [7, 11) is 1.34. The molecule has 12 heteroatoms. The van der Waals surface area contributed by atoms with Crippen LogP contribution < -0.4 is 14.2 Å². The summed E-state index contributed by atoms with van der Waals surface area (Å²) in [6, 6.07) is 8.97. The summed E-state index contributed by atoms with van der Waals surface area (Å²) in [6.45, 7) is -1.18. The summed E-state index contributed by atoms with van der Waals surface area (Å²) < 4.78 is 21.9. The number of aliphatic hydroxyl groups excluding tert-OH is 7. The lowest BCUT2D eigenvalue weighted by Gasteiger charge is -2.39. The average molecular weight is 527 g/mol. The summed E-state index contributed by atoms with van der Waals surface area (Å²) in [5.74, 6) is 0.0592. The van der Waals surface area contributed by atoms with E-state index in [1.54, 1.807) is 6.07 Å². The van der Waals surface area contributed by atoms with Crippen molar-refractivity contribution in [3.63, 3.8) is 0 Å². The molecule has 1 aliphatic rings. The first-order valence-electron chi connectivity index (χ1n) is 11.8. The van der Waals surface area contributed by atoms with Gasteiger partial charge in [-0.15, -0.1) is 0 Å². The van der Waals surface area contributed by atoms with Crippen LogP contribution in [-0.4, -0.2) is 105 Å². The molecule has 1 fully saturated rings. The number of ether oxygens (including phenoxy) is 4. The lowest BCUT2D eigenvalue weighted by Crippen LogP contribution is -2.60. The Balaban J connectivity index is 1.74. The highest BCUT2D eigenvalue weighted by Crippen LogP contribution is 2.36. The van der Waals surface area contributed by atoms with Crippen molar-refractivity contribution < 1.29 is 59.8 Å². The van der Waals surface area contributed by atoms with Crippen molar-refractivity contribution in [3.8, 4) is 23.0 Å². The highest BCUT2D eigenvalue weighted by Gasteiger charge is 2.45. The summed E-state index contributed by atoms with van der Waals surface area (Å²) in [6.07, 6.45) is -8.78. The number of aryl methyl sites for hydroxylation is 1. The molecule has 0 spiro atoms. The van der Waals surface area contributed by atoms with E-state index in [9.17, 15) is 35.7 Å². The molecule has 0 aromatic heterocycles. The van der Waals surface area contributed by atoms with Gasteiger partial charge in [-0.3, -0.25) is 0 Å². The first kappa shape index (κ1) is 28.9. The van der Waals surface area contributed by atoms with Gasteiger partial charge in [-0.1, -0.05) is 12.1 Å². The maximum atomic E-state index is 10.9. The fourth-order valence-corrected chi connectivity index (χ4v) is 3.94. The fraction of sp³-hybridized carbons (Fsp3) is 0.520. The van der Waals surface area contributed by atoms with Crippen molar-refractivity contribution in [2.45, 2.75) is 55.8 Å². The first-order chi connectivity index (χ1) is 17.7. The van der Waals surface area contributed by atoms with Gasteiger partial charge in [0.05, 0.1) is 20.3 Å². The molecule has 7 atom stereocenters. The van der Waals surface area contributed by atoms with Crippen LogP contribution in [0.2, 0.25) is 0 Å². The van der Waals surface area contributed by atoms with Crippen LogP contribution in [0.3, 0.4) is 0 Å². The number of aliphatic hydroxyl groups is 7. The molecule has 37 heavy (non-hydrogen) atoms. The highest BCUT2D eigenvalue weighted by molar-refractivity contribution is 5.45. The van der Waals surface area contributed by atoms with Crippen LogP contribution in [0.1, 0.15) is 23.7 Å². The predicted molar refractivity (Wildman–Crippen MR) is 127 cm³/mol. The molecule has 0 unspecified atom stereocenters. The molecule has 3 rings (SSSR count). The number of aromatic hydroxyl groups is 1. The third-order valence-electron chi connectivity index (χ3n) is 6.08. The molecular formula is C25H34O12. The minimum absolute atomic E-state index is 0.0214. The summed E-state index contributed by atoms with van der Waals surface area (Å²) in [5.41, 5.74) is 1.07. The van der Waals surface area contributed by atoms with E-state index in [0.717, 1.165) is 5.56 Å². The molecule has 0 amide bonds. The van der Waals surface area contributed by atoms with Gasteiger partial charge in [-0.2, -0.15) is 0 Å². The Morgan fingerprint density at radius 2 is 1.65 bits per heavy atom. The topological polar surface area (TPSA) is 199 Å². The van der Waals surface area contributed by atoms with E-state index in [2.05, 4.69) is 0 Å². The first-order valence-corrected chi connectivity index (χ1v) is 11.8. The highest BCUT2D eigenvalue weighted by atomic mass is 16.7. The third-order valence-corrected chi connectivity index (χ3v) is 6.08. The van der Waals surface area contributed by atoms with Crippen molar-refractivity contribution in [3.05, 3.63) is 47.5 Å². The maximum Gasteiger partial charge on any atom is 0.229 e. The standard InChI is InChI=1S/C25H34O12/c1-34-18-10-14(5-7-17(18)36-25-24(33)23(32)22(31)20(12-28)37-25)21(30)19(11-27)35-16-6-4-13(3-2-8-26)9-15(16)29/h4-7,9-10,19-33H,2-3,8,11-12H2,1H3/t19-,20-,21-,22-,23+,24-,25-/m1/s1. The molecule has 1 heterocycles. The van der Waals surface area contributed by atoms with Crippen LogP contribution in [0.4, 0.5) is 0 Å². The van der Waals surface area contributed by atoms with E-state index in [1.165, 1.54) is 37.4 Å². The summed E-state index contributed by atoms with van der Waals surface area (Å²) >= 11 is 0. The summed E-state index contributed by atoms with van der Waals surface area (Å²) in [5, 5.41) is 79.4. The van der Waals surface area contributed by atoms with Gasteiger partial charge in [0, 0.05) is 6.61 Å². The van der Waals surface area contributed by atoms with Crippen molar-refractivity contribution in [1.29, 1.82) is 0 Å². The second-order valence-corrected chi connectivity index (χ2v) is 8.64. The molecule has 8 N–H and O–H groups in total. The maximum absolute atomic E-state index is 10.9. The molecule has 206 valence electrons. The zero-order valence-corrected chi connectivity index (χ0v) is 20.3. The zero-order chi connectivity index (χ0) is 27.1. The second-order valence-electron chi connectivity index (χ2n) is 8.64. The smallest absolute Gasteiger partial charge is 0.229 e. The van der Waals surface area contributed by atoms with Gasteiger partial charge in [0.2, 0.25) is 6.29 Å². The Labute approximate surface area is 213 Å². The molecule has 0 bridgehead atoms. The van der Waals surface area contributed by atoms with Crippen molar-refractivity contribution in [2.24, 2.45) is 0 Å². The van der Waals surface area contributed by atoms with Gasteiger partial charge in [-0.05, 0) is 48.2 Å². The molecule has 2 aromatic carbocycles. The number of rotatable bonds is 12. The van der Waals surface area contributed by atoms with E-state index in [0.29, 0.717) is 12.8 Å². The van der Waals surface area contributed by atoms with Crippen LogP contribution in [0.25, 0.3) is 0 Å². The van der Waals surface area contributed by atoms with E-state index in [1.807, 2.05) is 0 Å². The Hall–Kier alpha value is -2.68. The van der Waals surface area contributed by atoms with Gasteiger partial charge < -0.3 is 59.8 Å². The Kier molecular flexibility index (Phi) is 10.3. The number of hydrogen-bond acceptors (Lipinski definition) is 12. The van der Waals surface area contributed by atoms with Crippen molar-refractivity contribution in [2.75, 3.05) is 26.9 Å². The van der Waals surface area contributed by atoms with E-state index in [4.69, 9.17) is 24.1 Å². The third kappa shape index (κ3) is 6.80. The minimum atomic E-state index is -1.62. The molecule has 12 nitrogen and oxygen atoms in total. The largest absolute Gasteiger partial charge is 0.504 e. The van der Waals surface area contributed by atoms with Gasteiger partial charge >= 0.3 is 0 Å². The minimum Gasteiger partial charge on any atom is -0.504 e. The fourth-order valence-electron chi connectivity index (χ4n) is 3.94. The van der Waals surface area contributed by atoms with Gasteiger partial charge in [-0.25, -0.2) is 0 Å². The molecule has 1 saturated heterocycles. The number of benzene rings is 2. The van der Waals surface area contributed by atoms with Crippen LogP contribution in [0, 0.1) is 0 Å². The number of methoxy groups -OCH3 is 1. The number of phenols is 1. The van der Waals surface area contributed by atoms with Gasteiger partial charge in [0.15, 0.2) is 29.1 Å². The quantitative estimate of drug-likeness (QED) is 0.168. The van der Waals surface area contributed by atoms with Crippen molar-refractivity contribution >= 4 is 0 Å². The summed E-state index contributed by atoms with van der Waals surface area (Å²) in [4.78, 5) is 0. The Bertz CT molecular complexity index is 1000. The Morgan fingerprint density at radius 3 is 2.27 bits per heavy atom. The van der Waals surface area contributed by atoms with Crippen LogP contribution in [0.15, 0.2) is 36.4 Å². The number of hydrogen-bond donors (Lipinski definition) is 8. The molecular weight excluding hydrogens is 492 g/mol. The molecule has 0 aliphatic carbocycles. The van der Waals surface area contributed by atoms with Gasteiger partial charge in [0.25, 0.3) is 0 Å².